The van der Waals surface area contributed by atoms with Crippen LogP contribution in [0, 0.1) is 0 Å². The molecule has 0 saturated heterocycles. The summed E-state index contributed by atoms with van der Waals surface area (Å²) in [6.07, 6.45) is 2.94. The van der Waals surface area contributed by atoms with Gasteiger partial charge in [0, 0.05) is 7.05 Å². The summed E-state index contributed by atoms with van der Waals surface area (Å²) in [4.78, 5) is 12.4. The molecule has 0 spiro atoms. The zero-order valence-electron chi connectivity index (χ0n) is 12.1. The predicted molar refractivity (Wildman–Crippen MR) is 89.3 cm³/mol. The quantitative estimate of drug-likeness (QED) is 0.648. The third-order valence-corrected chi connectivity index (χ3v) is 5.79. The first-order chi connectivity index (χ1) is 10.3. The SMILES string of the molecule is CSc1nnc(NC(=O)c2ccccc2N(C)S(C)(=O)=O)s1. The van der Waals surface area contributed by atoms with Crippen molar-refractivity contribution in [3.63, 3.8) is 0 Å². The molecule has 0 aliphatic heterocycles. The lowest BCUT2D eigenvalue weighted by atomic mass is 10.1. The van der Waals surface area contributed by atoms with Crippen LogP contribution in [0.25, 0.3) is 0 Å². The Morgan fingerprint density at radius 2 is 2.00 bits per heavy atom. The number of hydrogen-bond acceptors (Lipinski definition) is 7. The van der Waals surface area contributed by atoms with E-state index >= 15 is 0 Å². The van der Waals surface area contributed by atoms with Crippen LogP contribution in [0.1, 0.15) is 10.4 Å². The third-order valence-electron chi connectivity index (χ3n) is 2.79. The molecule has 0 aliphatic rings. The second-order valence-corrected chi connectivity index (χ2v) is 8.32. The van der Waals surface area contributed by atoms with E-state index in [2.05, 4.69) is 15.5 Å². The molecule has 1 aromatic heterocycles. The first-order valence-corrected chi connectivity index (χ1v) is 9.93. The number of amides is 1. The van der Waals surface area contributed by atoms with E-state index in [0.29, 0.717) is 10.8 Å². The Balaban J connectivity index is 2.30. The zero-order valence-corrected chi connectivity index (χ0v) is 14.6. The Hall–Kier alpha value is -1.65. The smallest absolute Gasteiger partial charge is 0.259 e. The maximum atomic E-state index is 12.4. The summed E-state index contributed by atoms with van der Waals surface area (Å²) in [5, 5.41) is 10.7. The molecule has 7 nitrogen and oxygen atoms in total. The second-order valence-electron chi connectivity index (χ2n) is 4.28. The van der Waals surface area contributed by atoms with Crippen LogP contribution in [0.3, 0.4) is 0 Å². The molecule has 22 heavy (non-hydrogen) atoms. The molecular weight excluding hydrogens is 344 g/mol. The van der Waals surface area contributed by atoms with Crippen LogP contribution in [-0.2, 0) is 10.0 Å². The van der Waals surface area contributed by atoms with Gasteiger partial charge in [0.15, 0.2) is 4.34 Å². The minimum absolute atomic E-state index is 0.247. The molecule has 0 atom stereocenters. The Kier molecular flexibility index (Phi) is 5.04. The van der Waals surface area contributed by atoms with Crippen molar-refractivity contribution in [2.45, 2.75) is 4.34 Å². The maximum Gasteiger partial charge on any atom is 0.259 e. The topological polar surface area (TPSA) is 92.3 Å². The molecule has 0 saturated carbocycles. The number of hydrogen-bond donors (Lipinski definition) is 1. The molecule has 1 aromatic carbocycles. The number of aromatic nitrogens is 2. The standard InChI is InChI=1S/C12H14N4O3S3/c1-16(22(3,18)19)9-7-5-4-6-8(9)10(17)13-11-14-15-12(20-2)21-11/h4-7H,1-3H3,(H,13,14,17). The highest BCUT2D eigenvalue weighted by atomic mass is 32.2. The van der Waals surface area contributed by atoms with Crippen molar-refractivity contribution >= 4 is 49.8 Å². The summed E-state index contributed by atoms with van der Waals surface area (Å²) in [5.41, 5.74) is 0.549. The normalized spacial score (nSPS) is 11.2. The molecule has 0 aliphatic carbocycles. The lowest BCUT2D eigenvalue weighted by Gasteiger charge is -2.19. The first kappa shape index (κ1) is 16.7. The fourth-order valence-corrected chi connectivity index (χ4v) is 3.31. The number of carbonyl (C=O) groups is 1. The van der Waals surface area contributed by atoms with Gasteiger partial charge in [0.05, 0.1) is 17.5 Å². The van der Waals surface area contributed by atoms with E-state index in [1.54, 1.807) is 24.3 Å². The van der Waals surface area contributed by atoms with Gasteiger partial charge in [-0.1, -0.05) is 35.2 Å². The number of thioether (sulfide) groups is 1. The summed E-state index contributed by atoms with van der Waals surface area (Å²) >= 11 is 2.68. The van der Waals surface area contributed by atoms with E-state index in [1.807, 2.05) is 6.26 Å². The average molecular weight is 358 g/mol. The van der Waals surface area contributed by atoms with Gasteiger partial charge in [0.25, 0.3) is 5.91 Å². The van der Waals surface area contributed by atoms with E-state index < -0.39 is 15.9 Å². The lowest BCUT2D eigenvalue weighted by Crippen LogP contribution is -2.27. The first-order valence-electron chi connectivity index (χ1n) is 6.04. The molecular formula is C12H14N4O3S3. The number of nitrogens with zero attached hydrogens (tertiary/aromatic N) is 3. The van der Waals surface area contributed by atoms with Crippen molar-refractivity contribution in [1.29, 1.82) is 0 Å². The Morgan fingerprint density at radius 1 is 1.32 bits per heavy atom. The van der Waals surface area contributed by atoms with Crippen molar-refractivity contribution in [3.05, 3.63) is 29.8 Å². The van der Waals surface area contributed by atoms with Gasteiger partial charge in [0.1, 0.15) is 0 Å². The van der Waals surface area contributed by atoms with Gasteiger partial charge in [0.2, 0.25) is 15.2 Å². The molecule has 1 N–H and O–H groups in total. The number of benzene rings is 1. The van der Waals surface area contributed by atoms with Gasteiger partial charge in [-0.2, -0.15) is 0 Å². The van der Waals surface area contributed by atoms with Crippen LogP contribution in [0.15, 0.2) is 28.6 Å². The largest absolute Gasteiger partial charge is 0.296 e. The Labute approximate surface area is 136 Å². The summed E-state index contributed by atoms with van der Waals surface area (Å²) in [7, 11) is -2.06. The lowest BCUT2D eigenvalue weighted by molar-refractivity contribution is 0.102. The van der Waals surface area contributed by atoms with Crippen LogP contribution >= 0.6 is 23.1 Å². The zero-order chi connectivity index (χ0) is 16.3. The Morgan fingerprint density at radius 3 is 2.59 bits per heavy atom. The molecule has 0 unspecified atom stereocenters. The molecule has 0 bridgehead atoms. The fraction of sp³-hybridized carbons (Fsp3) is 0.250. The van der Waals surface area contributed by atoms with Gasteiger partial charge in [-0.05, 0) is 18.4 Å². The van der Waals surface area contributed by atoms with Crippen molar-refractivity contribution in [3.8, 4) is 0 Å². The van der Waals surface area contributed by atoms with Gasteiger partial charge >= 0.3 is 0 Å². The average Bonchev–Trinajstić information content (AvgIpc) is 2.93. The van der Waals surface area contributed by atoms with Crippen molar-refractivity contribution in [1.82, 2.24) is 10.2 Å². The van der Waals surface area contributed by atoms with Gasteiger partial charge in [-0.15, -0.1) is 10.2 Å². The molecule has 0 fully saturated rings. The fourth-order valence-electron chi connectivity index (χ4n) is 1.63. The van der Waals surface area contributed by atoms with E-state index in [0.717, 1.165) is 14.9 Å². The number of rotatable bonds is 5. The van der Waals surface area contributed by atoms with E-state index in [-0.39, 0.29) is 5.56 Å². The molecule has 0 radical (unpaired) electrons. The second kappa shape index (κ2) is 6.63. The summed E-state index contributed by atoms with van der Waals surface area (Å²) in [6, 6.07) is 6.47. The Bertz CT molecular complexity index is 788. The minimum Gasteiger partial charge on any atom is -0.296 e. The van der Waals surface area contributed by atoms with Crippen molar-refractivity contribution in [2.75, 3.05) is 29.2 Å². The third kappa shape index (κ3) is 3.76. The number of nitrogens with one attached hydrogen (secondary N) is 1. The monoisotopic (exact) mass is 358 g/mol. The van der Waals surface area contributed by atoms with Crippen molar-refractivity contribution < 1.29 is 13.2 Å². The molecule has 2 aromatic rings. The number of sulfonamides is 1. The van der Waals surface area contributed by atoms with Gasteiger partial charge < -0.3 is 0 Å². The number of carbonyl (C=O) groups excluding carboxylic acids is 1. The molecule has 1 amide bonds. The summed E-state index contributed by atoms with van der Waals surface area (Å²) in [5.74, 6) is -0.435. The number of anilines is 2. The van der Waals surface area contributed by atoms with Crippen LogP contribution in [0.4, 0.5) is 10.8 Å². The van der Waals surface area contributed by atoms with Gasteiger partial charge in [-0.3, -0.25) is 14.4 Å². The van der Waals surface area contributed by atoms with Gasteiger partial charge in [-0.25, -0.2) is 8.42 Å². The van der Waals surface area contributed by atoms with Crippen LogP contribution in [0.2, 0.25) is 0 Å². The maximum absolute atomic E-state index is 12.4. The van der Waals surface area contributed by atoms with E-state index in [1.165, 1.54) is 30.1 Å². The van der Waals surface area contributed by atoms with E-state index in [4.69, 9.17) is 0 Å². The predicted octanol–water partition coefficient (Wildman–Crippen LogP) is 1.91. The highest BCUT2D eigenvalue weighted by Gasteiger charge is 2.20. The summed E-state index contributed by atoms with van der Waals surface area (Å²) < 4.78 is 25.2. The van der Waals surface area contributed by atoms with Crippen LogP contribution in [0.5, 0.6) is 0 Å². The highest BCUT2D eigenvalue weighted by molar-refractivity contribution is 8.00. The molecule has 2 rings (SSSR count). The van der Waals surface area contributed by atoms with Crippen molar-refractivity contribution in [2.24, 2.45) is 0 Å². The molecule has 118 valence electrons. The molecule has 1 heterocycles. The highest BCUT2D eigenvalue weighted by Crippen LogP contribution is 2.26. The minimum atomic E-state index is -3.46. The number of para-hydroxylation sites is 1. The molecule has 10 heteroatoms. The summed E-state index contributed by atoms with van der Waals surface area (Å²) in [6.45, 7) is 0. The van der Waals surface area contributed by atoms with Crippen LogP contribution < -0.4 is 9.62 Å². The van der Waals surface area contributed by atoms with E-state index in [9.17, 15) is 13.2 Å². The van der Waals surface area contributed by atoms with Crippen LogP contribution in [-0.4, -0.2) is 44.1 Å².